The topological polar surface area (TPSA) is 29.5 Å². The summed E-state index contributed by atoms with van der Waals surface area (Å²) in [6.45, 7) is 3.98. The maximum absolute atomic E-state index is 12.5. The summed E-state index contributed by atoms with van der Waals surface area (Å²) in [4.78, 5) is 14.5. The fraction of sp³-hybridized carbons (Fsp3) is 0.562. The molecule has 1 aliphatic heterocycles. The second-order valence-corrected chi connectivity index (χ2v) is 5.22. The third-order valence-corrected chi connectivity index (χ3v) is 3.94. The third kappa shape index (κ3) is 3.28. The Labute approximate surface area is 115 Å². The summed E-state index contributed by atoms with van der Waals surface area (Å²) in [6.07, 6.45) is 4.80. The third-order valence-electron chi connectivity index (χ3n) is 3.94. The second-order valence-electron chi connectivity index (χ2n) is 5.22. The number of carbonyl (C=O) groups excluding carboxylic acids is 1. The molecule has 0 saturated carbocycles. The lowest BCUT2D eigenvalue weighted by molar-refractivity contribution is 0.0683. The second kappa shape index (κ2) is 6.60. The summed E-state index contributed by atoms with van der Waals surface area (Å²) in [6, 6.07) is 7.47. The van der Waals surface area contributed by atoms with Crippen LogP contribution in [0, 0.1) is 5.92 Å². The van der Waals surface area contributed by atoms with Crippen LogP contribution in [-0.4, -0.2) is 31.0 Å². The van der Waals surface area contributed by atoms with Gasteiger partial charge in [-0.05, 0) is 30.9 Å². The highest BCUT2D eigenvalue weighted by atomic mass is 16.5. The van der Waals surface area contributed by atoms with Crippen molar-refractivity contribution in [3.8, 4) is 5.75 Å². The lowest BCUT2D eigenvalue weighted by Crippen LogP contribution is -2.38. The van der Waals surface area contributed by atoms with Crippen LogP contribution in [0.5, 0.6) is 5.75 Å². The van der Waals surface area contributed by atoms with Gasteiger partial charge in [-0.2, -0.15) is 0 Å². The molecule has 0 aromatic heterocycles. The molecule has 0 aliphatic carbocycles. The number of benzene rings is 1. The normalized spacial score (nSPS) is 16.4. The lowest BCUT2D eigenvalue weighted by atomic mass is 9.92. The van der Waals surface area contributed by atoms with Crippen LogP contribution in [0.15, 0.2) is 24.3 Å². The zero-order chi connectivity index (χ0) is 13.7. The molecule has 1 heterocycles. The lowest BCUT2D eigenvalue weighted by Gasteiger charge is -2.32. The molecule has 1 fully saturated rings. The number of amides is 1. The van der Waals surface area contributed by atoms with Crippen molar-refractivity contribution in [1.82, 2.24) is 4.90 Å². The highest BCUT2D eigenvalue weighted by Crippen LogP contribution is 2.25. The Bertz CT molecular complexity index is 423. The van der Waals surface area contributed by atoms with Crippen LogP contribution >= 0.6 is 0 Å². The molecule has 1 saturated heterocycles. The van der Waals surface area contributed by atoms with E-state index in [1.54, 1.807) is 7.11 Å². The van der Waals surface area contributed by atoms with Gasteiger partial charge in [-0.1, -0.05) is 31.9 Å². The quantitative estimate of drug-likeness (QED) is 0.832. The summed E-state index contributed by atoms with van der Waals surface area (Å²) in [5, 5.41) is 0. The van der Waals surface area contributed by atoms with Gasteiger partial charge >= 0.3 is 0 Å². The summed E-state index contributed by atoms with van der Waals surface area (Å²) < 4.78 is 5.27. The maximum Gasteiger partial charge on any atom is 0.257 e. The average Bonchev–Trinajstić information content (AvgIpc) is 2.47. The molecule has 104 valence electrons. The Balaban J connectivity index is 2.01. The first-order chi connectivity index (χ1) is 9.26. The average molecular weight is 261 g/mol. The van der Waals surface area contributed by atoms with Crippen molar-refractivity contribution in [3.05, 3.63) is 29.8 Å². The number of ether oxygens (including phenoxy) is 1. The first-order valence-electron chi connectivity index (χ1n) is 7.18. The van der Waals surface area contributed by atoms with E-state index in [-0.39, 0.29) is 5.91 Å². The molecule has 1 amide bonds. The van der Waals surface area contributed by atoms with Crippen LogP contribution in [0.3, 0.4) is 0 Å². The molecule has 2 rings (SSSR count). The number of hydrogen-bond acceptors (Lipinski definition) is 2. The van der Waals surface area contributed by atoms with E-state index >= 15 is 0 Å². The van der Waals surface area contributed by atoms with Crippen LogP contribution in [0.1, 0.15) is 43.0 Å². The van der Waals surface area contributed by atoms with Crippen molar-refractivity contribution in [2.75, 3.05) is 20.2 Å². The molecule has 3 nitrogen and oxygen atoms in total. The molecule has 1 aliphatic rings. The minimum absolute atomic E-state index is 0.104. The van der Waals surface area contributed by atoms with E-state index in [4.69, 9.17) is 4.74 Å². The minimum Gasteiger partial charge on any atom is -0.496 e. The van der Waals surface area contributed by atoms with E-state index in [1.165, 1.54) is 12.8 Å². The van der Waals surface area contributed by atoms with Crippen molar-refractivity contribution >= 4 is 5.91 Å². The van der Waals surface area contributed by atoms with Gasteiger partial charge in [0.2, 0.25) is 0 Å². The molecular weight excluding hydrogens is 238 g/mol. The van der Waals surface area contributed by atoms with E-state index < -0.39 is 0 Å². The molecule has 1 aromatic rings. The number of piperidine rings is 1. The molecule has 0 atom stereocenters. The Hall–Kier alpha value is -1.51. The van der Waals surface area contributed by atoms with Gasteiger partial charge in [-0.3, -0.25) is 4.79 Å². The first-order valence-corrected chi connectivity index (χ1v) is 7.18. The predicted octanol–water partition coefficient (Wildman–Crippen LogP) is 3.35. The number of likely N-dealkylation sites (tertiary alicyclic amines) is 1. The molecule has 19 heavy (non-hydrogen) atoms. The van der Waals surface area contributed by atoms with E-state index in [9.17, 15) is 4.79 Å². The van der Waals surface area contributed by atoms with Gasteiger partial charge in [0.1, 0.15) is 5.75 Å². The van der Waals surface area contributed by atoms with Crippen LogP contribution in [0.2, 0.25) is 0 Å². The molecule has 0 spiro atoms. The summed E-state index contributed by atoms with van der Waals surface area (Å²) >= 11 is 0. The van der Waals surface area contributed by atoms with E-state index in [0.717, 1.165) is 31.8 Å². The molecule has 3 heteroatoms. The zero-order valence-electron chi connectivity index (χ0n) is 11.9. The number of carbonyl (C=O) groups is 1. The number of para-hydroxylation sites is 1. The largest absolute Gasteiger partial charge is 0.496 e. The van der Waals surface area contributed by atoms with Crippen LogP contribution in [0.4, 0.5) is 0 Å². The molecule has 0 radical (unpaired) electrons. The van der Waals surface area contributed by atoms with Crippen LogP contribution in [-0.2, 0) is 0 Å². The van der Waals surface area contributed by atoms with Gasteiger partial charge in [0, 0.05) is 13.1 Å². The van der Waals surface area contributed by atoms with Crippen molar-refractivity contribution in [1.29, 1.82) is 0 Å². The molecular formula is C16H23NO2. The molecule has 1 aromatic carbocycles. The van der Waals surface area contributed by atoms with E-state index in [2.05, 4.69) is 6.92 Å². The van der Waals surface area contributed by atoms with Gasteiger partial charge in [-0.15, -0.1) is 0 Å². The Morgan fingerprint density at radius 1 is 1.32 bits per heavy atom. The fourth-order valence-electron chi connectivity index (χ4n) is 2.82. The minimum atomic E-state index is 0.104. The Morgan fingerprint density at radius 2 is 2.00 bits per heavy atom. The monoisotopic (exact) mass is 261 g/mol. The van der Waals surface area contributed by atoms with E-state index in [0.29, 0.717) is 11.3 Å². The highest BCUT2D eigenvalue weighted by Gasteiger charge is 2.24. The highest BCUT2D eigenvalue weighted by molar-refractivity contribution is 5.97. The Morgan fingerprint density at radius 3 is 2.63 bits per heavy atom. The van der Waals surface area contributed by atoms with Gasteiger partial charge in [0.25, 0.3) is 5.91 Å². The van der Waals surface area contributed by atoms with Crippen molar-refractivity contribution in [2.45, 2.75) is 32.6 Å². The van der Waals surface area contributed by atoms with Gasteiger partial charge in [0.15, 0.2) is 0 Å². The summed E-state index contributed by atoms with van der Waals surface area (Å²) in [7, 11) is 1.61. The van der Waals surface area contributed by atoms with E-state index in [1.807, 2.05) is 29.2 Å². The van der Waals surface area contributed by atoms with Crippen LogP contribution in [0.25, 0.3) is 0 Å². The van der Waals surface area contributed by atoms with Crippen molar-refractivity contribution in [3.63, 3.8) is 0 Å². The smallest absolute Gasteiger partial charge is 0.257 e. The van der Waals surface area contributed by atoms with Crippen molar-refractivity contribution in [2.24, 2.45) is 5.92 Å². The predicted molar refractivity (Wildman–Crippen MR) is 76.5 cm³/mol. The van der Waals surface area contributed by atoms with Crippen LogP contribution < -0.4 is 4.74 Å². The van der Waals surface area contributed by atoms with Crippen molar-refractivity contribution < 1.29 is 9.53 Å². The fourth-order valence-corrected chi connectivity index (χ4v) is 2.82. The Kier molecular flexibility index (Phi) is 4.83. The molecule has 0 unspecified atom stereocenters. The maximum atomic E-state index is 12.5. The number of methoxy groups -OCH3 is 1. The number of rotatable bonds is 4. The summed E-state index contributed by atoms with van der Waals surface area (Å²) in [5.74, 6) is 1.57. The molecule has 0 bridgehead atoms. The first kappa shape index (κ1) is 13.9. The molecule has 0 N–H and O–H groups in total. The van der Waals surface area contributed by atoms with Gasteiger partial charge in [-0.25, -0.2) is 0 Å². The number of hydrogen-bond donors (Lipinski definition) is 0. The number of nitrogens with zero attached hydrogens (tertiary/aromatic N) is 1. The summed E-state index contributed by atoms with van der Waals surface area (Å²) in [5.41, 5.74) is 0.680. The SMILES string of the molecule is CCCC1CCN(C(=O)c2ccccc2OC)CC1. The van der Waals surface area contributed by atoms with Gasteiger partial charge in [0.05, 0.1) is 12.7 Å². The zero-order valence-corrected chi connectivity index (χ0v) is 11.9. The standard InChI is InChI=1S/C16H23NO2/c1-3-6-13-9-11-17(12-10-13)16(18)14-7-4-5-8-15(14)19-2/h4-5,7-8,13H,3,6,9-12H2,1-2H3. The van der Waals surface area contributed by atoms with Gasteiger partial charge < -0.3 is 9.64 Å².